The van der Waals surface area contributed by atoms with Crippen molar-refractivity contribution in [1.82, 2.24) is 34.1 Å². The van der Waals surface area contributed by atoms with Crippen molar-refractivity contribution in [3.63, 3.8) is 0 Å². The van der Waals surface area contributed by atoms with Crippen molar-refractivity contribution in [2.24, 2.45) is 0 Å². The molecule has 0 fully saturated rings. The third kappa shape index (κ3) is 5.30. The lowest BCUT2D eigenvalue weighted by molar-refractivity contribution is -0.207. The van der Waals surface area contributed by atoms with E-state index in [2.05, 4.69) is 20.2 Å². The SMILES string of the molecule is CC(C)c1nc(Cn2nc(-c3ccc(Cl)cc3)n(C[C@H](O)C(F)(F)F)c2=O)nn1-c1cnccc1Cl. The number of aliphatic hydroxyl groups excluding tert-OH is 1. The molecule has 0 saturated heterocycles. The Kier molecular flexibility index (Phi) is 7.21. The molecule has 0 aliphatic carbocycles. The van der Waals surface area contributed by atoms with Crippen molar-refractivity contribution in [2.45, 2.75) is 45.1 Å². The molecule has 190 valence electrons. The van der Waals surface area contributed by atoms with E-state index >= 15 is 0 Å². The van der Waals surface area contributed by atoms with E-state index in [1.807, 2.05) is 13.8 Å². The largest absolute Gasteiger partial charge is 0.416 e. The van der Waals surface area contributed by atoms with Crippen LogP contribution >= 0.6 is 23.2 Å². The van der Waals surface area contributed by atoms with Crippen LogP contribution in [-0.2, 0) is 13.1 Å². The topological polar surface area (TPSA) is 104 Å². The minimum atomic E-state index is -4.92. The zero-order chi connectivity index (χ0) is 26.2. The Morgan fingerprint density at radius 3 is 2.39 bits per heavy atom. The van der Waals surface area contributed by atoms with Gasteiger partial charge in [-0.25, -0.2) is 19.1 Å². The number of pyridine rings is 1. The van der Waals surface area contributed by atoms with E-state index in [1.54, 1.807) is 6.07 Å². The highest BCUT2D eigenvalue weighted by molar-refractivity contribution is 6.32. The van der Waals surface area contributed by atoms with E-state index in [9.17, 15) is 23.1 Å². The van der Waals surface area contributed by atoms with Crippen molar-refractivity contribution in [2.75, 3.05) is 0 Å². The van der Waals surface area contributed by atoms with E-state index in [0.717, 1.165) is 9.25 Å². The Balaban J connectivity index is 1.78. The summed E-state index contributed by atoms with van der Waals surface area (Å²) >= 11 is 12.2. The quantitative estimate of drug-likeness (QED) is 0.378. The number of rotatable bonds is 7. The first-order chi connectivity index (χ1) is 17.0. The second-order valence-electron chi connectivity index (χ2n) is 8.22. The number of alkyl halides is 3. The highest BCUT2D eigenvalue weighted by Crippen LogP contribution is 2.25. The maximum atomic E-state index is 13.1. The van der Waals surface area contributed by atoms with Gasteiger partial charge in [-0.15, -0.1) is 10.2 Å². The Bertz CT molecular complexity index is 1430. The molecule has 4 rings (SSSR count). The van der Waals surface area contributed by atoms with Crippen LogP contribution in [-0.4, -0.2) is 51.5 Å². The van der Waals surface area contributed by atoms with Gasteiger partial charge in [0, 0.05) is 22.7 Å². The van der Waals surface area contributed by atoms with Crippen LogP contribution in [0.1, 0.15) is 31.4 Å². The van der Waals surface area contributed by atoms with Gasteiger partial charge < -0.3 is 5.11 Å². The molecule has 3 heterocycles. The van der Waals surface area contributed by atoms with E-state index in [1.165, 1.54) is 41.3 Å². The number of aliphatic hydroxyl groups is 1. The molecule has 36 heavy (non-hydrogen) atoms. The first-order valence-electron chi connectivity index (χ1n) is 10.7. The maximum Gasteiger partial charge on any atom is 0.416 e. The minimum Gasteiger partial charge on any atom is -0.382 e. The van der Waals surface area contributed by atoms with Gasteiger partial charge in [-0.2, -0.15) is 13.2 Å². The summed E-state index contributed by atoms with van der Waals surface area (Å²) < 4.78 is 42.4. The molecule has 0 unspecified atom stereocenters. The van der Waals surface area contributed by atoms with Crippen LogP contribution in [0.3, 0.4) is 0 Å². The lowest BCUT2D eigenvalue weighted by Gasteiger charge is -2.15. The van der Waals surface area contributed by atoms with Gasteiger partial charge >= 0.3 is 11.9 Å². The van der Waals surface area contributed by atoms with Gasteiger partial charge in [-0.3, -0.25) is 9.55 Å². The summed E-state index contributed by atoms with van der Waals surface area (Å²) in [5.74, 6) is 0.573. The predicted molar refractivity (Wildman–Crippen MR) is 126 cm³/mol. The highest BCUT2D eigenvalue weighted by Gasteiger charge is 2.39. The molecule has 0 aliphatic rings. The van der Waals surface area contributed by atoms with Gasteiger partial charge in [0.2, 0.25) is 0 Å². The number of hydrogen-bond acceptors (Lipinski definition) is 6. The Morgan fingerprint density at radius 2 is 1.78 bits per heavy atom. The lowest BCUT2D eigenvalue weighted by atomic mass is 10.2. The fraction of sp³-hybridized carbons (Fsp3) is 0.318. The summed E-state index contributed by atoms with van der Waals surface area (Å²) in [6.45, 7) is 2.52. The molecular formula is C22H20Cl2F3N7O2. The van der Waals surface area contributed by atoms with E-state index < -0.39 is 24.5 Å². The van der Waals surface area contributed by atoms with Crippen LogP contribution in [0, 0.1) is 0 Å². The van der Waals surface area contributed by atoms with Crippen LogP contribution in [0.4, 0.5) is 13.2 Å². The van der Waals surface area contributed by atoms with Gasteiger partial charge in [0.15, 0.2) is 17.8 Å². The average Bonchev–Trinajstić information content (AvgIpc) is 3.36. The highest BCUT2D eigenvalue weighted by atomic mass is 35.5. The minimum absolute atomic E-state index is 0.0706. The number of nitrogens with zero attached hydrogens (tertiary/aromatic N) is 7. The van der Waals surface area contributed by atoms with Crippen LogP contribution < -0.4 is 5.69 Å². The lowest BCUT2D eigenvalue weighted by Crippen LogP contribution is -2.37. The number of benzene rings is 1. The molecule has 0 aliphatic heterocycles. The summed E-state index contributed by atoms with van der Waals surface area (Å²) in [6, 6.07) is 7.65. The van der Waals surface area contributed by atoms with Crippen molar-refractivity contribution >= 4 is 23.2 Å². The van der Waals surface area contributed by atoms with Gasteiger partial charge in [0.05, 0.1) is 17.8 Å². The molecule has 0 bridgehead atoms. The first kappa shape index (κ1) is 25.9. The second-order valence-corrected chi connectivity index (χ2v) is 9.06. The van der Waals surface area contributed by atoms with Crippen molar-refractivity contribution < 1.29 is 18.3 Å². The van der Waals surface area contributed by atoms with Gasteiger partial charge in [-0.1, -0.05) is 37.0 Å². The monoisotopic (exact) mass is 541 g/mol. The molecule has 0 radical (unpaired) electrons. The first-order valence-corrected chi connectivity index (χ1v) is 11.5. The standard InChI is InChI=1S/C22H20Cl2F3N7O2/c1-12(2)19-29-18(30-34(19)16-9-28-8-7-15(16)24)11-33-21(36)32(10-17(35)22(25,26)27)20(31-33)13-3-5-14(23)6-4-13/h3-9,12,17,35H,10-11H2,1-2H3/t17-/m0/s1. The molecule has 0 amide bonds. The molecule has 3 aromatic heterocycles. The third-order valence-corrected chi connectivity index (χ3v) is 5.79. The van der Waals surface area contributed by atoms with Gasteiger partial charge in [0.25, 0.3) is 0 Å². The smallest absolute Gasteiger partial charge is 0.382 e. The van der Waals surface area contributed by atoms with Crippen LogP contribution in [0.25, 0.3) is 17.1 Å². The summed E-state index contributed by atoms with van der Waals surface area (Å²) in [5.41, 5.74) is -0.0483. The molecule has 4 aromatic rings. The van der Waals surface area contributed by atoms with Crippen molar-refractivity contribution in [1.29, 1.82) is 0 Å². The summed E-state index contributed by atoms with van der Waals surface area (Å²) in [5, 5.41) is 19.1. The second kappa shape index (κ2) is 10.0. The Labute approximate surface area is 212 Å². The van der Waals surface area contributed by atoms with E-state index in [4.69, 9.17) is 23.2 Å². The number of aromatic nitrogens is 7. The molecule has 1 aromatic carbocycles. The van der Waals surface area contributed by atoms with Crippen molar-refractivity contribution in [3.05, 3.63) is 74.9 Å². The van der Waals surface area contributed by atoms with E-state index in [-0.39, 0.29) is 24.1 Å². The number of hydrogen-bond donors (Lipinski definition) is 1. The van der Waals surface area contributed by atoms with Crippen LogP contribution in [0.5, 0.6) is 0 Å². The predicted octanol–water partition coefficient (Wildman–Crippen LogP) is 4.09. The molecule has 0 spiro atoms. The van der Waals surface area contributed by atoms with Crippen LogP contribution in [0.15, 0.2) is 47.5 Å². The molecule has 1 N–H and O–H groups in total. The fourth-order valence-corrected chi connectivity index (χ4v) is 3.75. The summed E-state index contributed by atoms with van der Waals surface area (Å²) in [6.07, 6.45) is -4.64. The van der Waals surface area contributed by atoms with Gasteiger partial charge in [-0.05, 0) is 30.3 Å². The van der Waals surface area contributed by atoms with Crippen LogP contribution in [0.2, 0.25) is 10.0 Å². The average molecular weight is 542 g/mol. The normalized spacial score (nSPS) is 12.9. The Morgan fingerprint density at radius 1 is 1.08 bits per heavy atom. The zero-order valence-electron chi connectivity index (χ0n) is 19.0. The third-order valence-electron chi connectivity index (χ3n) is 5.22. The van der Waals surface area contributed by atoms with E-state index in [0.29, 0.717) is 27.1 Å². The molecule has 1 atom stereocenters. The maximum absolute atomic E-state index is 13.1. The van der Waals surface area contributed by atoms with Crippen molar-refractivity contribution in [3.8, 4) is 17.1 Å². The Hall–Kier alpha value is -3.22. The molecule has 9 nitrogen and oxygen atoms in total. The zero-order valence-corrected chi connectivity index (χ0v) is 20.5. The fourth-order valence-electron chi connectivity index (χ4n) is 3.44. The molecule has 14 heteroatoms. The molecular weight excluding hydrogens is 522 g/mol. The number of halogens is 5. The summed E-state index contributed by atoms with van der Waals surface area (Å²) in [4.78, 5) is 21.7. The van der Waals surface area contributed by atoms with Gasteiger partial charge in [0.1, 0.15) is 18.1 Å². The molecule has 0 saturated carbocycles. The summed E-state index contributed by atoms with van der Waals surface area (Å²) in [7, 11) is 0.